The van der Waals surface area contributed by atoms with E-state index in [1.807, 2.05) is 0 Å². The van der Waals surface area contributed by atoms with Crippen LogP contribution in [-0.2, 0) is 33.2 Å². The highest BCUT2D eigenvalue weighted by Gasteiger charge is 2.54. The first-order valence-corrected chi connectivity index (χ1v) is 43.1. The summed E-state index contributed by atoms with van der Waals surface area (Å²) >= 11 is 0. The van der Waals surface area contributed by atoms with Crippen molar-refractivity contribution >= 4 is 5.91 Å². The lowest BCUT2D eigenvalue weighted by atomic mass is 9.96. The van der Waals surface area contributed by atoms with Gasteiger partial charge in [-0.15, -0.1) is 0 Å². The topological polar surface area (TPSA) is 307 Å². The molecule has 0 bridgehead atoms. The number of carbonyl (C=O) groups excluding carboxylic acids is 1. The molecule has 19 nitrogen and oxygen atoms in total. The van der Waals surface area contributed by atoms with Crippen LogP contribution in [0.3, 0.4) is 0 Å². The van der Waals surface area contributed by atoms with Crippen LogP contribution < -0.4 is 5.32 Å². The van der Waals surface area contributed by atoms with Crippen molar-refractivity contribution in [1.82, 2.24) is 5.32 Å². The average molecular weight is 1470 g/mol. The number of hydrogen-bond donors (Lipinski definition) is 12. The van der Waals surface area contributed by atoms with E-state index in [1.165, 1.54) is 289 Å². The molecule has 3 aliphatic heterocycles. The van der Waals surface area contributed by atoms with Crippen molar-refractivity contribution in [2.24, 2.45) is 0 Å². The van der Waals surface area contributed by atoms with E-state index in [4.69, 9.17) is 28.4 Å². The van der Waals surface area contributed by atoms with Crippen LogP contribution in [0.15, 0.2) is 24.3 Å². The molecule has 3 heterocycles. The Morgan fingerprint density at radius 1 is 0.350 bits per heavy atom. The van der Waals surface area contributed by atoms with Crippen molar-refractivity contribution in [1.29, 1.82) is 0 Å². The van der Waals surface area contributed by atoms with Crippen LogP contribution in [0.5, 0.6) is 0 Å². The molecule has 0 spiro atoms. The molecule has 0 saturated carbocycles. The molecule has 3 rings (SSSR count). The number of hydrogen-bond acceptors (Lipinski definition) is 18. The van der Waals surface area contributed by atoms with Crippen molar-refractivity contribution in [2.45, 2.75) is 478 Å². The van der Waals surface area contributed by atoms with E-state index in [2.05, 4.69) is 43.5 Å². The van der Waals surface area contributed by atoms with Gasteiger partial charge in [0.1, 0.15) is 73.2 Å². The van der Waals surface area contributed by atoms with E-state index in [0.717, 1.165) is 51.4 Å². The average Bonchev–Trinajstić information content (AvgIpc) is 0.781. The van der Waals surface area contributed by atoms with Gasteiger partial charge in [0.15, 0.2) is 18.9 Å². The molecule has 1 amide bonds. The molecule has 19 heteroatoms. The number of allylic oxidation sites excluding steroid dienone is 4. The molecule has 0 radical (unpaired) electrons. The molecule has 0 aliphatic carbocycles. The molecule has 3 fully saturated rings. The summed E-state index contributed by atoms with van der Waals surface area (Å²) in [6.45, 7) is 1.85. The number of carbonyl (C=O) groups is 1. The molecule has 608 valence electrons. The summed E-state index contributed by atoms with van der Waals surface area (Å²) in [5.41, 5.74) is 0. The van der Waals surface area contributed by atoms with Gasteiger partial charge in [0.05, 0.1) is 38.6 Å². The molecule has 0 aromatic heterocycles. The third kappa shape index (κ3) is 44.6. The lowest BCUT2D eigenvalue weighted by Crippen LogP contribution is -2.66. The fraction of sp³-hybridized carbons (Fsp3) is 0.940. The summed E-state index contributed by atoms with van der Waals surface area (Å²) in [6.07, 6.45) is 52.9. The monoisotopic (exact) mass is 1470 g/mol. The smallest absolute Gasteiger partial charge is 0.220 e. The van der Waals surface area contributed by atoms with E-state index in [9.17, 15) is 61.0 Å². The summed E-state index contributed by atoms with van der Waals surface area (Å²) in [5.74, 6) is -0.234. The van der Waals surface area contributed by atoms with Crippen molar-refractivity contribution in [3.63, 3.8) is 0 Å². The normalized spacial score (nSPS) is 26.1. The summed E-state index contributed by atoms with van der Waals surface area (Å²) in [5, 5.41) is 121. The quantitative estimate of drug-likeness (QED) is 0.0199. The Labute approximate surface area is 626 Å². The van der Waals surface area contributed by atoms with Gasteiger partial charge in [-0.1, -0.05) is 346 Å². The van der Waals surface area contributed by atoms with Crippen LogP contribution in [0.25, 0.3) is 0 Å². The number of unbranched alkanes of at least 4 members (excludes halogenated alkanes) is 50. The number of amides is 1. The zero-order valence-electron chi connectivity index (χ0n) is 65.3. The van der Waals surface area contributed by atoms with Crippen molar-refractivity contribution in [3.8, 4) is 0 Å². The van der Waals surface area contributed by atoms with Crippen LogP contribution in [0, 0.1) is 0 Å². The second kappa shape index (κ2) is 65.0. The Balaban J connectivity index is 1.31. The minimum atomic E-state index is -1.97. The van der Waals surface area contributed by atoms with E-state index in [1.54, 1.807) is 0 Å². The Bertz CT molecular complexity index is 1950. The third-order valence-corrected chi connectivity index (χ3v) is 21.8. The summed E-state index contributed by atoms with van der Waals surface area (Å²) < 4.78 is 34.6. The van der Waals surface area contributed by atoms with Gasteiger partial charge in [0.25, 0.3) is 0 Å². The minimum absolute atomic E-state index is 0.234. The molecule has 0 aromatic carbocycles. The maximum absolute atomic E-state index is 13.5. The van der Waals surface area contributed by atoms with Crippen molar-refractivity contribution in [3.05, 3.63) is 24.3 Å². The van der Waals surface area contributed by atoms with E-state index in [0.29, 0.717) is 12.8 Å². The predicted molar refractivity (Wildman–Crippen MR) is 411 cm³/mol. The lowest BCUT2D eigenvalue weighted by Gasteiger charge is -2.48. The number of ether oxygens (including phenoxy) is 6. The number of aliphatic hydroxyl groups excluding tert-OH is 11. The molecule has 103 heavy (non-hydrogen) atoms. The van der Waals surface area contributed by atoms with Gasteiger partial charge in [-0.05, 0) is 44.9 Å². The predicted octanol–water partition coefficient (Wildman–Crippen LogP) is 15.3. The van der Waals surface area contributed by atoms with Gasteiger partial charge in [0.2, 0.25) is 5.91 Å². The van der Waals surface area contributed by atoms with Gasteiger partial charge in [-0.25, -0.2) is 0 Å². The van der Waals surface area contributed by atoms with Crippen LogP contribution in [0.2, 0.25) is 0 Å². The highest BCUT2D eigenvalue weighted by atomic mass is 16.8. The van der Waals surface area contributed by atoms with Crippen LogP contribution in [0.1, 0.15) is 373 Å². The Morgan fingerprint density at radius 2 is 0.641 bits per heavy atom. The zero-order valence-corrected chi connectivity index (χ0v) is 65.3. The van der Waals surface area contributed by atoms with Crippen LogP contribution >= 0.6 is 0 Å². The summed E-state index contributed by atoms with van der Waals surface area (Å²) in [4.78, 5) is 13.5. The van der Waals surface area contributed by atoms with E-state index in [-0.39, 0.29) is 18.9 Å². The maximum atomic E-state index is 13.5. The number of nitrogens with one attached hydrogen (secondary N) is 1. The van der Waals surface area contributed by atoms with Crippen LogP contribution in [-0.4, -0.2) is 193 Å². The van der Waals surface area contributed by atoms with Crippen molar-refractivity contribution in [2.75, 3.05) is 26.4 Å². The molecule has 17 atom stereocenters. The first-order chi connectivity index (χ1) is 50.3. The first kappa shape index (κ1) is 95.5. The van der Waals surface area contributed by atoms with E-state index < -0.39 is 124 Å². The fourth-order valence-corrected chi connectivity index (χ4v) is 14.9. The lowest BCUT2D eigenvalue weighted by molar-refractivity contribution is -0.379. The summed E-state index contributed by atoms with van der Waals surface area (Å²) in [7, 11) is 0. The number of aliphatic hydroxyl groups is 11. The second-order valence-corrected chi connectivity index (χ2v) is 31.0. The zero-order chi connectivity index (χ0) is 74.6. The molecule has 17 unspecified atom stereocenters. The molecular formula is C84H159NO18. The SMILES string of the molecule is CCCCCCC/C=C\C/C=C\CCCCCCCCCCCCCCCCCCCCCCCCCCCC(=O)NC(COC1OC(CO)C(OC2OC(CO)C(OC3OC(CO)C(O)C(O)C3O)C(O)C2O)C(O)C1O)C(O)CCCCCCCCCCCCCCCCCCCCCCC. The Morgan fingerprint density at radius 3 is 0.990 bits per heavy atom. The molecule has 0 aromatic rings. The van der Waals surface area contributed by atoms with Gasteiger partial charge in [0, 0.05) is 6.42 Å². The molecule has 3 aliphatic rings. The van der Waals surface area contributed by atoms with Gasteiger partial charge in [-0.3, -0.25) is 4.79 Å². The molecule has 12 N–H and O–H groups in total. The fourth-order valence-electron chi connectivity index (χ4n) is 14.9. The Hall–Kier alpha value is -1.73. The third-order valence-electron chi connectivity index (χ3n) is 21.8. The molecular weight excluding hydrogens is 1310 g/mol. The summed E-state index contributed by atoms with van der Waals surface area (Å²) in [6, 6.07) is -0.885. The van der Waals surface area contributed by atoms with Crippen LogP contribution in [0.4, 0.5) is 0 Å². The van der Waals surface area contributed by atoms with Gasteiger partial charge >= 0.3 is 0 Å². The largest absolute Gasteiger partial charge is 0.394 e. The standard InChI is InChI=1S/C84H159NO18/c1-3-5-7-9-11-13-15-17-19-21-23-25-26-27-28-29-30-31-32-33-34-35-36-37-38-39-40-42-44-46-48-50-52-54-56-58-60-62-72(90)85-67(68(89)61-59-57-55-53-51-49-47-45-43-41-24-22-20-18-16-14-12-10-8-6-4-2)66-98-82-78(96)75(93)80(70(64-87)100-82)103-84-79(97)76(94)81(71(65-88)101-84)102-83-77(95)74(92)73(91)69(63-86)99-83/h15,17,21,23,67-71,73-84,86-89,91-97H,3-14,16,18-20,22,24-66H2,1-2H3,(H,85,90)/b17-15-,23-21-. The Kier molecular flexibility index (Phi) is 60.3. The second-order valence-electron chi connectivity index (χ2n) is 31.0. The molecule has 3 saturated heterocycles. The first-order valence-electron chi connectivity index (χ1n) is 43.1. The highest BCUT2D eigenvalue weighted by Crippen LogP contribution is 2.34. The van der Waals surface area contributed by atoms with E-state index >= 15 is 0 Å². The highest BCUT2D eigenvalue weighted by molar-refractivity contribution is 5.76. The minimum Gasteiger partial charge on any atom is -0.394 e. The van der Waals surface area contributed by atoms with Crippen molar-refractivity contribution < 1.29 is 89.4 Å². The van der Waals surface area contributed by atoms with Gasteiger partial charge < -0.3 is 89.9 Å². The van der Waals surface area contributed by atoms with Gasteiger partial charge in [-0.2, -0.15) is 0 Å². The maximum Gasteiger partial charge on any atom is 0.220 e. The number of rotatable bonds is 70.